The van der Waals surface area contributed by atoms with Crippen LogP contribution in [-0.2, 0) is 0 Å². The molecule has 0 radical (unpaired) electrons. The summed E-state index contributed by atoms with van der Waals surface area (Å²) < 4.78 is 0. The van der Waals surface area contributed by atoms with Crippen molar-refractivity contribution in [2.24, 2.45) is 0 Å². The molecule has 0 aliphatic heterocycles. The Hall–Kier alpha value is -1.76. The minimum atomic E-state index is -0.486. The van der Waals surface area contributed by atoms with Crippen LogP contribution in [0.2, 0.25) is 0 Å². The number of aromatic hydroxyl groups is 1. The molecule has 4 heteroatoms. The molecule has 1 aromatic heterocycles. The lowest BCUT2D eigenvalue weighted by Gasteiger charge is -1.88. The van der Waals surface area contributed by atoms with Crippen LogP contribution in [0.3, 0.4) is 0 Å². The number of hydrogen-bond donors (Lipinski definition) is 2. The summed E-state index contributed by atoms with van der Waals surface area (Å²) in [5.41, 5.74) is -0.569. The Morgan fingerprint density at radius 1 is 1.70 bits per heavy atom. The highest BCUT2D eigenvalue weighted by Crippen LogP contribution is 2.02. The zero-order valence-electron chi connectivity index (χ0n) is 4.96. The van der Waals surface area contributed by atoms with Gasteiger partial charge in [-0.15, -0.1) is 0 Å². The largest absolute Gasteiger partial charge is 0.506 e. The van der Waals surface area contributed by atoms with E-state index < -0.39 is 5.56 Å². The number of rotatable bonds is 0. The molecule has 0 unspecified atom stereocenters. The number of nitriles is 1. The lowest BCUT2D eigenvalue weighted by molar-refractivity contribution is 0.472. The van der Waals surface area contributed by atoms with Crippen molar-refractivity contribution in [2.75, 3.05) is 0 Å². The van der Waals surface area contributed by atoms with E-state index in [0.29, 0.717) is 0 Å². The van der Waals surface area contributed by atoms with Crippen molar-refractivity contribution in [3.8, 4) is 11.8 Å². The van der Waals surface area contributed by atoms with Crippen molar-refractivity contribution in [1.29, 1.82) is 5.26 Å². The number of hydrogen-bond acceptors (Lipinski definition) is 3. The molecular weight excluding hydrogens is 132 g/mol. The molecule has 4 nitrogen and oxygen atoms in total. The Morgan fingerprint density at radius 3 is 2.90 bits per heavy atom. The first-order valence-electron chi connectivity index (χ1n) is 2.56. The molecule has 0 saturated heterocycles. The zero-order valence-corrected chi connectivity index (χ0v) is 4.96. The topological polar surface area (TPSA) is 76.9 Å². The first kappa shape index (κ1) is 6.36. The summed E-state index contributed by atoms with van der Waals surface area (Å²) >= 11 is 0. The summed E-state index contributed by atoms with van der Waals surface area (Å²) in [7, 11) is 0. The van der Waals surface area contributed by atoms with Gasteiger partial charge in [0.1, 0.15) is 17.4 Å². The van der Waals surface area contributed by atoms with Crippen molar-refractivity contribution in [3.05, 3.63) is 28.2 Å². The second kappa shape index (κ2) is 2.23. The van der Waals surface area contributed by atoms with Crippen molar-refractivity contribution >= 4 is 0 Å². The summed E-state index contributed by atoms with van der Waals surface area (Å²) in [4.78, 5) is 12.8. The minimum Gasteiger partial charge on any atom is -0.506 e. The third-order valence-corrected chi connectivity index (χ3v) is 1.01. The molecule has 0 aliphatic carbocycles. The fourth-order valence-electron chi connectivity index (χ4n) is 0.555. The first-order chi connectivity index (χ1) is 4.74. The molecule has 0 aliphatic rings. The number of aromatic nitrogens is 1. The van der Waals surface area contributed by atoms with Gasteiger partial charge in [0.2, 0.25) is 0 Å². The molecular formula is C6H4N2O2. The Balaban J connectivity index is 3.40. The Labute approximate surface area is 56.4 Å². The highest BCUT2D eigenvalue weighted by atomic mass is 16.3. The van der Waals surface area contributed by atoms with E-state index in [9.17, 15) is 4.79 Å². The lowest BCUT2D eigenvalue weighted by atomic mass is 10.3. The molecule has 0 atom stereocenters. The van der Waals surface area contributed by atoms with Gasteiger partial charge in [0.05, 0.1) is 0 Å². The van der Waals surface area contributed by atoms with Gasteiger partial charge in [0.25, 0.3) is 5.56 Å². The van der Waals surface area contributed by atoms with Crippen LogP contribution in [0.1, 0.15) is 5.56 Å². The van der Waals surface area contributed by atoms with Crippen LogP contribution in [0.25, 0.3) is 0 Å². The number of pyridine rings is 1. The van der Waals surface area contributed by atoms with E-state index in [1.807, 2.05) is 0 Å². The maximum atomic E-state index is 10.6. The molecule has 1 heterocycles. The molecule has 0 bridgehead atoms. The maximum Gasteiger partial charge on any atom is 0.266 e. The van der Waals surface area contributed by atoms with E-state index in [2.05, 4.69) is 4.98 Å². The zero-order chi connectivity index (χ0) is 7.56. The SMILES string of the molecule is N#Cc1cc(O)c[nH]c1=O. The van der Waals surface area contributed by atoms with Crippen molar-refractivity contribution < 1.29 is 5.11 Å². The summed E-state index contributed by atoms with van der Waals surface area (Å²) in [5.74, 6) is -0.115. The van der Waals surface area contributed by atoms with Crippen LogP contribution in [0.15, 0.2) is 17.1 Å². The fraction of sp³-hybridized carbons (Fsp3) is 0. The van der Waals surface area contributed by atoms with Gasteiger partial charge in [-0.3, -0.25) is 4.79 Å². The molecule has 1 rings (SSSR count). The molecule has 2 N–H and O–H groups in total. The lowest BCUT2D eigenvalue weighted by Crippen LogP contribution is -2.07. The van der Waals surface area contributed by atoms with E-state index in [4.69, 9.17) is 10.4 Å². The molecule has 50 valence electrons. The third-order valence-electron chi connectivity index (χ3n) is 1.01. The van der Waals surface area contributed by atoms with E-state index in [0.717, 1.165) is 12.3 Å². The Bertz CT molecular complexity index is 334. The molecule has 0 spiro atoms. The third kappa shape index (κ3) is 0.977. The van der Waals surface area contributed by atoms with Gasteiger partial charge in [-0.1, -0.05) is 0 Å². The minimum absolute atomic E-state index is 0.0833. The fourth-order valence-corrected chi connectivity index (χ4v) is 0.555. The molecule has 1 aromatic rings. The van der Waals surface area contributed by atoms with Crippen molar-refractivity contribution in [1.82, 2.24) is 4.98 Å². The van der Waals surface area contributed by atoms with Gasteiger partial charge in [0.15, 0.2) is 0 Å². The van der Waals surface area contributed by atoms with Crippen LogP contribution in [-0.4, -0.2) is 10.1 Å². The molecule has 10 heavy (non-hydrogen) atoms. The smallest absolute Gasteiger partial charge is 0.266 e. The average Bonchev–Trinajstić information content (AvgIpc) is 1.94. The normalized spacial score (nSPS) is 8.70. The van der Waals surface area contributed by atoms with E-state index in [1.54, 1.807) is 6.07 Å². The van der Waals surface area contributed by atoms with Gasteiger partial charge >= 0.3 is 0 Å². The van der Waals surface area contributed by atoms with Crippen LogP contribution >= 0.6 is 0 Å². The predicted octanol–water partition coefficient (Wildman–Crippen LogP) is -0.0478. The van der Waals surface area contributed by atoms with Crippen LogP contribution < -0.4 is 5.56 Å². The highest BCUT2D eigenvalue weighted by molar-refractivity contribution is 5.31. The van der Waals surface area contributed by atoms with E-state index in [-0.39, 0.29) is 11.3 Å². The summed E-state index contributed by atoms with van der Waals surface area (Å²) in [6, 6.07) is 2.74. The average molecular weight is 136 g/mol. The van der Waals surface area contributed by atoms with Crippen molar-refractivity contribution in [2.45, 2.75) is 0 Å². The number of nitrogens with zero attached hydrogens (tertiary/aromatic N) is 1. The Kier molecular flexibility index (Phi) is 1.42. The first-order valence-corrected chi connectivity index (χ1v) is 2.56. The van der Waals surface area contributed by atoms with Gasteiger partial charge in [-0.25, -0.2) is 0 Å². The maximum absolute atomic E-state index is 10.6. The van der Waals surface area contributed by atoms with Crippen molar-refractivity contribution in [3.63, 3.8) is 0 Å². The van der Waals surface area contributed by atoms with Crippen LogP contribution in [0, 0.1) is 11.3 Å². The van der Waals surface area contributed by atoms with Gasteiger partial charge in [-0.05, 0) is 0 Å². The van der Waals surface area contributed by atoms with E-state index in [1.165, 1.54) is 0 Å². The second-order valence-corrected chi connectivity index (χ2v) is 1.71. The second-order valence-electron chi connectivity index (χ2n) is 1.71. The quantitative estimate of drug-likeness (QED) is 0.525. The summed E-state index contributed by atoms with van der Waals surface area (Å²) in [6.07, 6.45) is 1.13. The number of aromatic amines is 1. The van der Waals surface area contributed by atoms with Crippen LogP contribution in [0.5, 0.6) is 5.75 Å². The standard InChI is InChI=1S/C6H4N2O2/c7-2-4-1-5(9)3-8-6(4)10/h1,3,9H,(H,8,10). The Morgan fingerprint density at radius 2 is 2.40 bits per heavy atom. The number of H-pyrrole nitrogens is 1. The molecule has 0 fully saturated rings. The molecule has 0 aromatic carbocycles. The van der Waals surface area contributed by atoms with Gasteiger partial charge < -0.3 is 10.1 Å². The molecule has 0 amide bonds. The predicted molar refractivity (Wildman–Crippen MR) is 33.4 cm³/mol. The highest BCUT2D eigenvalue weighted by Gasteiger charge is 1.96. The summed E-state index contributed by atoms with van der Waals surface area (Å²) in [6.45, 7) is 0. The monoisotopic (exact) mass is 136 g/mol. The van der Waals surface area contributed by atoms with Crippen LogP contribution in [0.4, 0.5) is 0 Å². The molecule has 0 saturated carbocycles. The number of nitrogens with one attached hydrogen (secondary N) is 1. The van der Waals surface area contributed by atoms with E-state index >= 15 is 0 Å². The van der Waals surface area contributed by atoms with Gasteiger partial charge in [0, 0.05) is 12.3 Å². The summed E-state index contributed by atoms with van der Waals surface area (Å²) in [5, 5.41) is 17.0. The van der Waals surface area contributed by atoms with Gasteiger partial charge in [-0.2, -0.15) is 5.26 Å².